The van der Waals surface area contributed by atoms with Crippen LogP contribution in [0, 0.1) is 0 Å². The third-order valence-corrected chi connectivity index (χ3v) is 8.46. The van der Waals surface area contributed by atoms with E-state index in [-0.39, 0.29) is 12.4 Å². The Balaban J connectivity index is 0. The molecule has 0 aliphatic rings. The summed E-state index contributed by atoms with van der Waals surface area (Å²) in [6, 6.07) is 0. The van der Waals surface area contributed by atoms with Crippen LogP contribution in [0.3, 0.4) is 0 Å². The molecule has 0 aliphatic carbocycles. The highest BCUT2D eigenvalue weighted by Gasteiger charge is 1.97. The molecule has 0 heterocycles. The molecule has 0 aromatic rings. The standard InChI is InChI=1S/C36H75N.ClH/c1-4-5-6-7-8-9-10-11-12-13-14-15-16-17-18-19-20-21-22-23-24-25-26-27-28-29-30-31-32-33-34-35-36-37(2)3;/h4-36H2,1-3H3;1H. The Hall–Kier alpha value is 0.250. The lowest BCUT2D eigenvalue weighted by Gasteiger charge is -2.08. The van der Waals surface area contributed by atoms with Crippen molar-refractivity contribution >= 4 is 12.4 Å². The molecule has 0 unspecified atom stereocenters. The summed E-state index contributed by atoms with van der Waals surface area (Å²) in [6.07, 6.45) is 47.3. The van der Waals surface area contributed by atoms with Gasteiger partial charge in [-0.2, -0.15) is 0 Å². The molecule has 0 atom stereocenters. The number of rotatable bonds is 33. The predicted molar refractivity (Wildman–Crippen MR) is 179 cm³/mol. The Kier molecular flexibility index (Phi) is 39.6. The zero-order chi connectivity index (χ0) is 26.9. The van der Waals surface area contributed by atoms with Gasteiger partial charge in [0.05, 0.1) is 0 Å². The maximum Gasteiger partial charge on any atom is -0.00248 e. The van der Waals surface area contributed by atoms with Gasteiger partial charge in [0.15, 0.2) is 0 Å². The molecule has 0 rings (SSSR count). The van der Waals surface area contributed by atoms with Gasteiger partial charge < -0.3 is 4.90 Å². The van der Waals surface area contributed by atoms with E-state index in [0.717, 1.165) is 0 Å². The van der Waals surface area contributed by atoms with Crippen molar-refractivity contribution < 1.29 is 0 Å². The average Bonchev–Trinajstić information content (AvgIpc) is 2.89. The smallest absolute Gasteiger partial charge is 0.00248 e. The Bertz CT molecular complexity index is 384. The molecule has 0 saturated heterocycles. The van der Waals surface area contributed by atoms with Crippen LogP contribution in [0.1, 0.15) is 212 Å². The van der Waals surface area contributed by atoms with Crippen molar-refractivity contribution in [3.05, 3.63) is 0 Å². The van der Waals surface area contributed by atoms with Gasteiger partial charge in [-0.15, -0.1) is 12.4 Å². The van der Waals surface area contributed by atoms with Crippen molar-refractivity contribution in [1.82, 2.24) is 4.90 Å². The van der Waals surface area contributed by atoms with E-state index in [1.165, 1.54) is 212 Å². The van der Waals surface area contributed by atoms with Crippen LogP contribution >= 0.6 is 12.4 Å². The second-order valence-electron chi connectivity index (χ2n) is 12.8. The first kappa shape index (κ1) is 40.4. The van der Waals surface area contributed by atoms with Crippen LogP contribution in [0.25, 0.3) is 0 Å². The van der Waals surface area contributed by atoms with Gasteiger partial charge in [-0.25, -0.2) is 0 Å². The first-order valence-electron chi connectivity index (χ1n) is 17.9. The van der Waals surface area contributed by atoms with E-state index in [1.54, 1.807) is 0 Å². The van der Waals surface area contributed by atoms with Gasteiger partial charge in [0.25, 0.3) is 0 Å². The Morgan fingerprint density at radius 3 is 0.579 bits per heavy atom. The van der Waals surface area contributed by atoms with Crippen molar-refractivity contribution in [2.45, 2.75) is 212 Å². The summed E-state index contributed by atoms with van der Waals surface area (Å²) in [5.41, 5.74) is 0. The first-order chi connectivity index (χ1) is 18.3. The molecule has 0 aromatic carbocycles. The fourth-order valence-corrected chi connectivity index (χ4v) is 5.80. The lowest BCUT2D eigenvalue weighted by molar-refractivity contribution is 0.389. The van der Waals surface area contributed by atoms with Crippen molar-refractivity contribution in [3.63, 3.8) is 0 Å². The van der Waals surface area contributed by atoms with Gasteiger partial charge in [0, 0.05) is 0 Å². The Labute approximate surface area is 249 Å². The lowest BCUT2D eigenvalue weighted by Crippen LogP contribution is -2.12. The highest BCUT2D eigenvalue weighted by atomic mass is 35.5. The van der Waals surface area contributed by atoms with Gasteiger partial charge in [0.1, 0.15) is 0 Å². The summed E-state index contributed by atoms with van der Waals surface area (Å²) in [6.45, 7) is 3.57. The van der Waals surface area contributed by atoms with Crippen LogP contribution in [0.2, 0.25) is 0 Å². The first-order valence-corrected chi connectivity index (χ1v) is 17.9. The van der Waals surface area contributed by atoms with E-state index in [9.17, 15) is 0 Å². The van der Waals surface area contributed by atoms with E-state index in [1.807, 2.05) is 0 Å². The summed E-state index contributed by atoms with van der Waals surface area (Å²) in [5, 5.41) is 0. The number of hydrogen-bond acceptors (Lipinski definition) is 1. The summed E-state index contributed by atoms with van der Waals surface area (Å²) < 4.78 is 0. The molecule has 0 fully saturated rings. The molecule has 0 aromatic heterocycles. The van der Waals surface area contributed by atoms with E-state index >= 15 is 0 Å². The van der Waals surface area contributed by atoms with Crippen molar-refractivity contribution in [3.8, 4) is 0 Å². The fourth-order valence-electron chi connectivity index (χ4n) is 5.80. The molecule has 1 nitrogen and oxygen atoms in total. The minimum Gasteiger partial charge on any atom is -0.309 e. The Morgan fingerprint density at radius 2 is 0.421 bits per heavy atom. The molecule has 2 heteroatoms. The van der Waals surface area contributed by atoms with Crippen molar-refractivity contribution in [2.75, 3.05) is 20.6 Å². The summed E-state index contributed by atoms with van der Waals surface area (Å²) in [7, 11) is 4.37. The minimum atomic E-state index is 0. The maximum atomic E-state index is 2.31. The minimum absolute atomic E-state index is 0. The van der Waals surface area contributed by atoms with Crippen LogP contribution in [0.15, 0.2) is 0 Å². The van der Waals surface area contributed by atoms with Gasteiger partial charge in [0.2, 0.25) is 0 Å². The Morgan fingerprint density at radius 1 is 0.263 bits per heavy atom. The van der Waals surface area contributed by atoms with Crippen molar-refractivity contribution in [1.29, 1.82) is 0 Å². The molecule has 232 valence electrons. The number of hydrogen-bond donors (Lipinski definition) is 0. The molecule has 0 spiro atoms. The van der Waals surface area contributed by atoms with E-state index in [4.69, 9.17) is 0 Å². The number of halogens is 1. The second-order valence-corrected chi connectivity index (χ2v) is 12.8. The predicted octanol–water partition coefficient (Wildman–Crippen LogP) is 13.5. The quantitative estimate of drug-likeness (QED) is 0.0725. The summed E-state index contributed by atoms with van der Waals surface area (Å²) in [4.78, 5) is 2.31. The zero-order valence-corrected chi connectivity index (χ0v) is 28.0. The summed E-state index contributed by atoms with van der Waals surface area (Å²) >= 11 is 0. The van der Waals surface area contributed by atoms with Gasteiger partial charge in [-0.3, -0.25) is 0 Å². The molecule has 0 saturated carbocycles. The van der Waals surface area contributed by atoms with Crippen LogP contribution in [-0.2, 0) is 0 Å². The molecule has 0 bridgehead atoms. The normalized spacial score (nSPS) is 11.4. The van der Waals surface area contributed by atoms with E-state index < -0.39 is 0 Å². The highest BCUT2D eigenvalue weighted by molar-refractivity contribution is 5.85. The molecular weight excluding hydrogens is 482 g/mol. The molecule has 38 heavy (non-hydrogen) atoms. The second kappa shape index (κ2) is 37.2. The molecule has 0 radical (unpaired) electrons. The van der Waals surface area contributed by atoms with Gasteiger partial charge >= 0.3 is 0 Å². The van der Waals surface area contributed by atoms with E-state index in [2.05, 4.69) is 25.9 Å². The van der Waals surface area contributed by atoms with Crippen LogP contribution in [0.4, 0.5) is 0 Å². The van der Waals surface area contributed by atoms with E-state index in [0.29, 0.717) is 0 Å². The lowest BCUT2D eigenvalue weighted by atomic mass is 10.0. The monoisotopic (exact) mass is 558 g/mol. The average molecular weight is 558 g/mol. The van der Waals surface area contributed by atoms with Crippen molar-refractivity contribution in [2.24, 2.45) is 0 Å². The molecule has 0 N–H and O–H groups in total. The zero-order valence-electron chi connectivity index (χ0n) is 27.2. The number of nitrogens with zero attached hydrogens (tertiary/aromatic N) is 1. The third-order valence-electron chi connectivity index (χ3n) is 8.46. The summed E-state index contributed by atoms with van der Waals surface area (Å²) in [5.74, 6) is 0. The van der Waals surface area contributed by atoms with Crippen LogP contribution in [0.5, 0.6) is 0 Å². The van der Waals surface area contributed by atoms with Gasteiger partial charge in [-0.1, -0.05) is 206 Å². The fraction of sp³-hybridized carbons (Fsp3) is 1.00. The molecule has 0 aliphatic heterocycles. The largest absolute Gasteiger partial charge is 0.309 e. The van der Waals surface area contributed by atoms with Crippen LogP contribution in [-0.4, -0.2) is 25.5 Å². The van der Waals surface area contributed by atoms with Crippen LogP contribution < -0.4 is 0 Å². The molecule has 0 amide bonds. The number of unbranched alkanes of at least 4 members (excludes halogenated alkanes) is 31. The topological polar surface area (TPSA) is 3.24 Å². The molecular formula is C36H76ClN. The highest BCUT2D eigenvalue weighted by Crippen LogP contribution is 2.16. The van der Waals surface area contributed by atoms with Gasteiger partial charge in [-0.05, 0) is 27.1 Å². The maximum absolute atomic E-state index is 2.31. The SMILES string of the molecule is CCCCCCCCCCCCCCCCCCCCCCCCCCCCCCCCCCN(C)C.Cl. The third kappa shape index (κ3) is 38.4.